The Kier molecular flexibility index (Phi) is 6.41. The fourth-order valence-corrected chi connectivity index (χ4v) is 1.47. The smallest absolute Gasteiger partial charge is 0.283 e. The number of ether oxygens (including phenoxy) is 3. The molecule has 1 aromatic carbocycles. The zero-order valence-electron chi connectivity index (χ0n) is 10.9. The second kappa shape index (κ2) is 8.08. The number of rotatable bonds is 9. The molecule has 1 N–H and O–H groups in total. The Bertz CT molecular complexity index is 475. The van der Waals surface area contributed by atoms with E-state index in [0.717, 1.165) is 6.07 Å². The molecule has 110 valence electrons. The van der Waals surface area contributed by atoms with Gasteiger partial charge < -0.3 is 19.3 Å². The van der Waals surface area contributed by atoms with Gasteiger partial charge in [-0.15, -0.1) is 0 Å². The number of aliphatic hydroxyl groups is 1. The third kappa shape index (κ3) is 4.18. The van der Waals surface area contributed by atoms with Crippen LogP contribution in [0.2, 0.25) is 0 Å². The normalized spacial score (nSPS) is 10.1. The molecule has 1 rings (SSSR count). The summed E-state index contributed by atoms with van der Waals surface area (Å²) >= 11 is 0. The van der Waals surface area contributed by atoms with Crippen LogP contribution in [0.1, 0.15) is 10.4 Å². The van der Waals surface area contributed by atoms with E-state index < -0.39 is 4.92 Å². The SMILES string of the molecule is COc1cc(C=O)c([N+](=O)[O-])cc1OCCOCCO. The van der Waals surface area contributed by atoms with Gasteiger partial charge in [0.05, 0.1) is 43.5 Å². The van der Waals surface area contributed by atoms with Crippen molar-refractivity contribution in [2.75, 3.05) is 33.5 Å². The van der Waals surface area contributed by atoms with Crippen LogP contribution in [-0.2, 0) is 4.74 Å². The van der Waals surface area contributed by atoms with Gasteiger partial charge in [0.1, 0.15) is 6.61 Å². The lowest BCUT2D eigenvalue weighted by atomic mass is 10.1. The molecule has 0 aliphatic heterocycles. The van der Waals surface area contributed by atoms with Gasteiger partial charge >= 0.3 is 0 Å². The number of methoxy groups -OCH3 is 1. The first-order chi connectivity index (χ1) is 9.63. The number of aliphatic hydroxyl groups excluding tert-OH is 1. The molecule has 8 heteroatoms. The molecular formula is C12H15NO7. The molecule has 0 spiro atoms. The summed E-state index contributed by atoms with van der Waals surface area (Å²) in [6.45, 7) is 0.439. The molecule has 0 aliphatic rings. The number of nitro groups is 1. The lowest BCUT2D eigenvalue weighted by Gasteiger charge is -2.11. The number of nitro benzene ring substituents is 1. The van der Waals surface area contributed by atoms with Gasteiger partial charge in [0.15, 0.2) is 17.8 Å². The van der Waals surface area contributed by atoms with Crippen molar-refractivity contribution in [1.29, 1.82) is 0 Å². The minimum Gasteiger partial charge on any atom is -0.493 e. The molecule has 0 atom stereocenters. The summed E-state index contributed by atoms with van der Waals surface area (Å²) in [5.41, 5.74) is -0.442. The van der Waals surface area contributed by atoms with Crippen molar-refractivity contribution < 1.29 is 29.0 Å². The zero-order chi connectivity index (χ0) is 15.0. The Labute approximate surface area is 115 Å². The third-order valence-corrected chi connectivity index (χ3v) is 2.36. The highest BCUT2D eigenvalue weighted by atomic mass is 16.6. The van der Waals surface area contributed by atoms with Gasteiger partial charge in [-0.3, -0.25) is 14.9 Å². The van der Waals surface area contributed by atoms with Crippen molar-refractivity contribution in [3.63, 3.8) is 0 Å². The Morgan fingerprint density at radius 3 is 2.60 bits per heavy atom. The highest BCUT2D eigenvalue weighted by Gasteiger charge is 2.19. The number of carbonyl (C=O) groups excluding carboxylic acids is 1. The summed E-state index contributed by atoms with van der Waals surface area (Å²) in [6, 6.07) is 2.38. The molecule has 0 unspecified atom stereocenters. The van der Waals surface area contributed by atoms with Crippen molar-refractivity contribution in [1.82, 2.24) is 0 Å². The van der Waals surface area contributed by atoms with Gasteiger partial charge in [0.25, 0.3) is 5.69 Å². The van der Waals surface area contributed by atoms with E-state index in [4.69, 9.17) is 19.3 Å². The van der Waals surface area contributed by atoms with E-state index in [-0.39, 0.29) is 49.2 Å². The Morgan fingerprint density at radius 1 is 1.30 bits per heavy atom. The van der Waals surface area contributed by atoms with Crippen molar-refractivity contribution in [2.45, 2.75) is 0 Å². The van der Waals surface area contributed by atoms with E-state index in [2.05, 4.69) is 0 Å². The fourth-order valence-electron chi connectivity index (χ4n) is 1.47. The van der Waals surface area contributed by atoms with E-state index in [0.29, 0.717) is 6.29 Å². The van der Waals surface area contributed by atoms with E-state index >= 15 is 0 Å². The number of benzene rings is 1. The third-order valence-electron chi connectivity index (χ3n) is 2.36. The topological polar surface area (TPSA) is 108 Å². The summed E-state index contributed by atoms with van der Waals surface area (Å²) in [6.07, 6.45) is 0.384. The van der Waals surface area contributed by atoms with Crippen LogP contribution in [0, 0.1) is 10.1 Å². The molecule has 20 heavy (non-hydrogen) atoms. The van der Waals surface area contributed by atoms with Crippen LogP contribution in [0.25, 0.3) is 0 Å². The first-order valence-electron chi connectivity index (χ1n) is 5.77. The second-order valence-electron chi connectivity index (χ2n) is 3.62. The average molecular weight is 285 g/mol. The summed E-state index contributed by atoms with van der Waals surface area (Å²) in [5, 5.41) is 19.4. The molecular weight excluding hydrogens is 270 g/mol. The Balaban J connectivity index is 2.85. The maximum absolute atomic E-state index is 10.8. The van der Waals surface area contributed by atoms with E-state index in [9.17, 15) is 14.9 Å². The maximum atomic E-state index is 10.8. The van der Waals surface area contributed by atoms with Crippen molar-refractivity contribution in [2.24, 2.45) is 0 Å². The molecule has 0 saturated heterocycles. The molecule has 0 amide bonds. The number of hydrogen-bond acceptors (Lipinski definition) is 7. The van der Waals surface area contributed by atoms with Crippen molar-refractivity contribution in [3.8, 4) is 11.5 Å². The largest absolute Gasteiger partial charge is 0.493 e. The van der Waals surface area contributed by atoms with Crippen LogP contribution < -0.4 is 9.47 Å². The first-order valence-corrected chi connectivity index (χ1v) is 5.77. The highest BCUT2D eigenvalue weighted by molar-refractivity contribution is 5.83. The lowest BCUT2D eigenvalue weighted by molar-refractivity contribution is -0.385. The molecule has 0 saturated carbocycles. The zero-order valence-corrected chi connectivity index (χ0v) is 10.9. The standard InChI is InChI=1S/C12H15NO7/c1-18-11-6-9(8-15)10(13(16)17)7-12(11)20-5-4-19-3-2-14/h6-8,14H,2-5H2,1H3. The van der Waals surface area contributed by atoms with E-state index in [1.165, 1.54) is 13.2 Å². The molecule has 0 radical (unpaired) electrons. The maximum Gasteiger partial charge on any atom is 0.283 e. The Morgan fingerprint density at radius 2 is 2.05 bits per heavy atom. The molecule has 0 heterocycles. The van der Waals surface area contributed by atoms with Gasteiger partial charge in [0, 0.05) is 6.07 Å². The molecule has 0 aliphatic carbocycles. The number of aldehydes is 1. The van der Waals surface area contributed by atoms with Crippen molar-refractivity contribution in [3.05, 3.63) is 27.8 Å². The number of carbonyl (C=O) groups is 1. The van der Waals surface area contributed by atoms with Crippen LogP contribution in [0.15, 0.2) is 12.1 Å². The van der Waals surface area contributed by atoms with Gasteiger partial charge in [-0.1, -0.05) is 0 Å². The van der Waals surface area contributed by atoms with E-state index in [1.54, 1.807) is 0 Å². The molecule has 0 aromatic heterocycles. The van der Waals surface area contributed by atoms with Crippen LogP contribution in [-0.4, -0.2) is 49.9 Å². The molecule has 1 aromatic rings. The van der Waals surface area contributed by atoms with Crippen LogP contribution in [0.5, 0.6) is 11.5 Å². The van der Waals surface area contributed by atoms with Gasteiger partial charge in [-0.25, -0.2) is 0 Å². The number of hydrogen-bond donors (Lipinski definition) is 1. The van der Waals surface area contributed by atoms with Gasteiger partial charge in [0.2, 0.25) is 0 Å². The Hall–Kier alpha value is -2.19. The van der Waals surface area contributed by atoms with E-state index in [1.807, 2.05) is 0 Å². The summed E-state index contributed by atoms with van der Waals surface area (Å²) < 4.78 is 15.3. The van der Waals surface area contributed by atoms with Crippen molar-refractivity contribution >= 4 is 12.0 Å². The summed E-state index contributed by atoms with van der Waals surface area (Å²) in [5.74, 6) is 0.372. The van der Waals surface area contributed by atoms with Crippen LogP contribution in [0.3, 0.4) is 0 Å². The summed E-state index contributed by atoms with van der Waals surface area (Å²) in [4.78, 5) is 21.0. The first kappa shape index (κ1) is 15.9. The summed E-state index contributed by atoms with van der Waals surface area (Å²) in [7, 11) is 1.37. The fraction of sp³-hybridized carbons (Fsp3) is 0.417. The predicted molar refractivity (Wildman–Crippen MR) is 68.4 cm³/mol. The van der Waals surface area contributed by atoms with Crippen LogP contribution in [0.4, 0.5) is 5.69 Å². The van der Waals surface area contributed by atoms with Crippen LogP contribution >= 0.6 is 0 Å². The minimum absolute atomic E-state index is 0.0873. The minimum atomic E-state index is -0.668. The van der Waals surface area contributed by atoms with Gasteiger partial charge in [-0.2, -0.15) is 0 Å². The highest BCUT2D eigenvalue weighted by Crippen LogP contribution is 2.33. The quantitative estimate of drug-likeness (QED) is 0.309. The number of nitrogens with zero attached hydrogens (tertiary/aromatic N) is 1. The van der Waals surface area contributed by atoms with Gasteiger partial charge in [-0.05, 0) is 0 Å². The molecule has 8 nitrogen and oxygen atoms in total. The average Bonchev–Trinajstić information content (AvgIpc) is 2.46. The monoisotopic (exact) mass is 285 g/mol. The molecule has 0 fully saturated rings. The predicted octanol–water partition coefficient (Wildman–Crippen LogP) is 0.804. The lowest BCUT2D eigenvalue weighted by Crippen LogP contribution is -2.10. The molecule has 0 bridgehead atoms. The second-order valence-corrected chi connectivity index (χ2v) is 3.62.